The Hall–Kier alpha value is -0.140. The highest BCUT2D eigenvalue weighted by molar-refractivity contribution is 4.78. The Morgan fingerprint density at radius 1 is 1.09 bits per heavy atom. The summed E-state index contributed by atoms with van der Waals surface area (Å²) in [6.07, 6.45) is 3.39. The van der Waals surface area contributed by atoms with Crippen molar-refractivity contribution in [3.63, 3.8) is 0 Å². The van der Waals surface area contributed by atoms with Gasteiger partial charge in [-0.3, -0.25) is 0 Å². The van der Waals surface area contributed by atoms with Crippen molar-refractivity contribution in [3.05, 3.63) is 0 Å². The van der Waals surface area contributed by atoms with Crippen LogP contribution in [0, 0.1) is 11.8 Å². The maximum Gasteiger partial charge on any atom is 0.248 e. The second-order valence-corrected chi connectivity index (χ2v) is 3.91. The number of alkyl halides is 2. The number of hydrogen-bond acceptors (Lipinski definition) is 0. The van der Waals surface area contributed by atoms with Gasteiger partial charge >= 0.3 is 0 Å². The van der Waals surface area contributed by atoms with E-state index < -0.39 is 5.92 Å². The summed E-state index contributed by atoms with van der Waals surface area (Å²) in [6, 6.07) is 0. The standard InChI is InChI=1S/C9H16F2/c1-7-3-5-8(6-4-7)9(2,10)11/h7-8H,3-6H2,1-2H3/t7-,8+. The Bertz CT molecular complexity index is 118. The minimum atomic E-state index is -2.44. The molecule has 0 spiro atoms. The minimum absolute atomic E-state index is 0.348. The van der Waals surface area contributed by atoms with E-state index in [1.54, 1.807) is 0 Å². The molecule has 1 fully saturated rings. The zero-order valence-electron chi connectivity index (χ0n) is 7.24. The normalized spacial score (nSPS) is 33.8. The molecule has 1 aliphatic carbocycles. The maximum atomic E-state index is 12.7. The van der Waals surface area contributed by atoms with Gasteiger partial charge < -0.3 is 0 Å². The van der Waals surface area contributed by atoms with Crippen LogP contribution in [0.15, 0.2) is 0 Å². The third-order valence-electron chi connectivity index (χ3n) is 2.73. The monoisotopic (exact) mass is 162 g/mol. The second kappa shape index (κ2) is 3.08. The first-order valence-corrected chi connectivity index (χ1v) is 4.38. The molecule has 0 heterocycles. The molecule has 0 aliphatic heterocycles. The number of halogens is 2. The first kappa shape index (κ1) is 8.95. The summed E-state index contributed by atoms with van der Waals surface area (Å²) in [4.78, 5) is 0. The van der Waals surface area contributed by atoms with Gasteiger partial charge in [0.2, 0.25) is 5.92 Å². The molecule has 11 heavy (non-hydrogen) atoms. The molecule has 0 aromatic rings. The lowest BCUT2D eigenvalue weighted by molar-refractivity contribution is -0.0569. The fourth-order valence-electron chi connectivity index (χ4n) is 1.77. The first-order valence-electron chi connectivity index (χ1n) is 4.38. The smallest absolute Gasteiger partial charge is 0.207 e. The van der Waals surface area contributed by atoms with Crippen LogP contribution in [0.2, 0.25) is 0 Å². The maximum absolute atomic E-state index is 12.7. The first-order chi connectivity index (χ1) is 5.00. The molecule has 0 saturated heterocycles. The van der Waals surface area contributed by atoms with Gasteiger partial charge in [-0.1, -0.05) is 19.8 Å². The molecule has 0 N–H and O–H groups in total. The van der Waals surface area contributed by atoms with Crippen molar-refractivity contribution in [1.29, 1.82) is 0 Å². The van der Waals surface area contributed by atoms with Crippen molar-refractivity contribution in [2.45, 2.75) is 45.5 Å². The van der Waals surface area contributed by atoms with Crippen molar-refractivity contribution in [2.24, 2.45) is 11.8 Å². The quantitative estimate of drug-likeness (QED) is 0.553. The average molecular weight is 162 g/mol. The summed E-state index contributed by atoms with van der Waals surface area (Å²) in [5, 5.41) is 0. The highest BCUT2D eigenvalue weighted by Gasteiger charge is 2.35. The van der Waals surface area contributed by atoms with E-state index in [9.17, 15) is 8.78 Å². The Morgan fingerprint density at radius 2 is 1.55 bits per heavy atom. The average Bonchev–Trinajstić information content (AvgIpc) is 1.86. The van der Waals surface area contributed by atoms with Crippen molar-refractivity contribution >= 4 is 0 Å². The molecule has 1 saturated carbocycles. The van der Waals surface area contributed by atoms with Crippen molar-refractivity contribution < 1.29 is 8.78 Å². The van der Waals surface area contributed by atoms with E-state index >= 15 is 0 Å². The van der Waals surface area contributed by atoms with E-state index in [1.807, 2.05) is 0 Å². The van der Waals surface area contributed by atoms with Gasteiger partial charge in [0.25, 0.3) is 0 Å². The predicted octanol–water partition coefficient (Wildman–Crippen LogP) is 3.47. The SMILES string of the molecule is CC(F)(F)[C@H]1CC[C@@H](C)CC1. The number of hydrogen-bond donors (Lipinski definition) is 0. The van der Waals surface area contributed by atoms with Crippen LogP contribution in [0.25, 0.3) is 0 Å². The summed E-state index contributed by atoms with van der Waals surface area (Å²) in [5.41, 5.74) is 0. The Kier molecular flexibility index (Phi) is 2.50. The van der Waals surface area contributed by atoms with Crippen molar-refractivity contribution in [1.82, 2.24) is 0 Å². The third-order valence-corrected chi connectivity index (χ3v) is 2.73. The molecule has 0 unspecified atom stereocenters. The fourth-order valence-corrected chi connectivity index (χ4v) is 1.77. The lowest BCUT2D eigenvalue weighted by Gasteiger charge is -2.30. The largest absolute Gasteiger partial charge is 0.248 e. The zero-order valence-corrected chi connectivity index (χ0v) is 7.24. The molecule has 0 aromatic heterocycles. The number of rotatable bonds is 1. The molecule has 0 amide bonds. The molecule has 0 nitrogen and oxygen atoms in total. The van der Waals surface area contributed by atoms with Gasteiger partial charge in [-0.05, 0) is 25.7 Å². The van der Waals surface area contributed by atoms with E-state index in [2.05, 4.69) is 6.92 Å². The minimum Gasteiger partial charge on any atom is -0.207 e. The summed E-state index contributed by atoms with van der Waals surface area (Å²) < 4.78 is 25.5. The molecule has 1 rings (SSSR count). The summed E-state index contributed by atoms with van der Waals surface area (Å²) in [6.45, 7) is 3.19. The van der Waals surface area contributed by atoms with Gasteiger partial charge in [0.1, 0.15) is 0 Å². The van der Waals surface area contributed by atoms with E-state index in [-0.39, 0.29) is 5.92 Å². The van der Waals surface area contributed by atoms with Gasteiger partial charge in [-0.15, -0.1) is 0 Å². The van der Waals surface area contributed by atoms with E-state index in [4.69, 9.17) is 0 Å². The lowest BCUT2D eigenvalue weighted by atomic mass is 9.80. The van der Waals surface area contributed by atoms with Gasteiger partial charge in [0.15, 0.2) is 0 Å². The predicted molar refractivity (Wildman–Crippen MR) is 41.7 cm³/mol. The van der Waals surface area contributed by atoms with Crippen LogP contribution in [-0.2, 0) is 0 Å². The summed E-state index contributed by atoms with van der Waals surface area (Å²) in [7, 11) is 0. The van der Waals surface area contributed by atoms with Crippen LogP contribution in [0.1, 0.15) is 39.5 Å². The molecular formula is C9H16F2. The Labute approximate surface area is 67.0 Å². The highest BCUT2D eigenvalue weighted by atomic mass is 19.3. The molecule has 1 aliphatic rings. The van der Waals surface area contributed by atoms with Crippen LogP contribution >= 0.6 is 0 Å². The molecule has 2 heteroatoms. The molecule has 66 valence electrons. The molecule has 0 bridgehead atoms. The Morgan fingerprint density at radius 3 is 1.91 bits per heavy atom. The van der Waals surface area contributed by atoms with Gasteiger partial charge in [-0.2, -0.15) is 0 Å². The van der Waals surface area contributed by atoms with Gasteiger partial charge in [0.05, 0.1) is 0 Å². The summed E-state index contributed by atoms with van der Waals surface area (Å²) in [5.74, 6) is -2.13. The topological polar surface area (TPSA) is 0 Å². The van der Waals surface area contributed by atoms with Crippen molar-refractivity contribution in [3.8, 4) is 0 Å². The molecular weight excluding hydrogens is 146 g/mol. The van der Waals surface area contributed by atoms with Crippen LogP contribution in [-0.4, -0.2) is 5.92 Å². The van der Waals surface area contributed by atoms with Crippen LogP contribution < -0.4 is 0 Å². The van der Waals surface area contributed by atoms with Gasteiger partial charge in [0, 0.05) is 5.92 Å². The Balaban J connectivity index is 2.39. The lowest BCUT2D eigenvalue weighted by Crippen LogP contribution is -2.28. The van der Waals surface area contributed by atoms with E-state index in [0.717, 1.165) is 19.8 Å². The van der Waals surface area contributed by atoms with Crippen LogP contribution in [0.3, 0.4) is 0 Å². The summed E-state index contributed by atoms with van der Waals surface area (Å²) >= 11 is 0. The van der Waals surface area contributed by atoms with Crippen LogP contribution in [0.5, 0.6) is 0 Å². The van der Waals surface area contributed by atoms with E-state index in [1.165, 1.54) is 0 Å². The highest BCUT2D eigenvalue weighted by Crippen LogP contribution is 2.37. The molecule has 0 radical (unpaired) electrons. The van der Waals surface area contributed by atoms with Gasteiger partial charge in [-0.25, -0.2) is 8.78 Å². The molecule has 0 atom stereocenters. The third kappa shape index (κ3) is 2.42. The fraction of sp³-hybridized carbons (Fsp3) is 1.00. The molecule has 0 aromatic carbocycles. The second-order valence-electron chi connectivity index (χ2n) is 3.91. The zero-order chi connectivity index (χ0) is 8.48. The van der Waals surface area contributed by atoms with E-state index in [0.29, 0.717) is 18.8 Å². The van der Waals surface area contributed by atoms with Crippen molar-refractivity contribution in [2.75, 3.05) is 0 Å². The van der Waals surface area contributed by atoms with Crippen LogP contribution in [0.4, 0.5) is 8.78 Å².